The summed E-state index contributed by atoms with van der Waals surface area (Å²) in [6, 6.07) is 1.83. The second-order valence-corrected chi connectivity index (χ2v) is 6.69. The van der Waals surface area contributed by atoms with Gasteiger partial charge in [-0.1, -0.05) is 25.8 Å². The molecule has 2 atom stereocenters. The Kier molecular flexibility index (Phi) is 5.74. The molecule has 1 aliphatic heterocycles. The lowest BCUT2D eigenvalue weighted by molar-refractivity contribution is -0.144. The van der Waals surface area contributed by atoms with E-state index in [4.69, 9.17) is 0 Å². The van der Waals surface area contributed by atoms with E-state index in [1.807, 2.05) is 6.92 Å². The van der Waals surface area contributed by atoms with Crippen molar-refractivity contribution < 1.29 is 30.1 Å². The van der Waals surface area contributed by atoms with Gasteiger partial charge in [-0.15, -0.1) is 0 Å². The normalized spacial score (nSPS) is 17.7. The summed E-state index contributed by atoms with van der Waals surface area (Å²) in [5.74, 6) is -2.70. The smallest absolute Gasteiger partial charge is 0.290 e. The lowest BCUT2D eigenvalue weighted by atomic mass is 9.96. The van der Waals surface area contributed by atoms with Crippen LogP contribution in [-0.4, -0.2) is 53.3 Å². The van der Waals surface area contributed by atoms with E-state index in [2.05, 4.69) is 9.97 Å². The highest BCUT2D eigenvalue weighted by atomic mass is 16.5. The number of aliphatic hydroxyl groups is 1. The molecule has 0 fully saturated rings. The fourth-order valence-corrected chi connectivity index (χ4v) is 3.49. The number of hydrogen-bond donors (Lipinski definition) is 6. The van der Waals surface area contributed by atoms with Crippen molar-refractivity contribution in [3.05, 3.63) is 47.7 Å². The second-order valence-electron chi connectivity index (χ2n) is 6.69. The van der Waals surface area contributed by atoms with E-state index >= 15 is 0 Å². The number of amides is 2. The molecule has 1 aromatic carbocycles. The first-order valence-corrected chi connectivity index (χ1v) is 9.12. The topological polar surface area (TPSA) is 159 Å². The summed E-state index contributed by atoms with van der Waals surface area (Å²) in [5, 5.41) is 39.3. The van der Waals surface area contributed by atoms with Crippen LogP contribution >= 0.6 is 0 Å². The van der Waals surface area contributed by atoms with Gasteiger partial charge < -0.3 is 25.2 Å². The molecule has 0 saturated carbocycles. The number of unbranched alkanes of at least 4 members (excludes halogenated alkanes) is 1. The first-order valence-electron chi connectivity index (χ1n) is 9.12. The largest absolute Gasteiger partial charge is 0.504 e. The molecule has 2 amide bonds. The zero-order valence-corrected chi connectivity index (χ0v) is 15.7. The van der Waals surface area contributed by atoms with Crippen LogP contribution in [0, 0.1) is 0 Å². The van der Waals surface area contributed by atoms with Crippen LogP contribution in [0.5, 0.6) is 11.5 Å². The molecule has 0 radical (unpaired) electrons. The van der Waals surface area contributed by atoms with Crippen LogP contribution in [0.15, 0.2) is 36.4 Å². The van der Waals surface area contributed by atoms with Crippen molar-refractivity contribution in [3.63, 3.8) is 0 Å². The van der Waals surface area contributed by atoms with E-state index < -0.39 is 35.4 Å². The maximum absolute atomic E-state index is 13.0. The number of benzene rings is 1. The minimum Gasteiger partial charge on any atom is -0.504 e. The third-order valence-corrected chi connectivity index (χ3v) is 4.89. The summed E-state index contributed by atoms with van der Waals surface area (Å²) in [6.07, 6.45) is 4.61. The highest BCUT2D eigenvalue weighted by molar-refractivity contribution is 6.07. The number of H-pyrrole nitrogens is 1. The summed E-state index contributed by atoms with van der Waals surface area (Å²) >= 11 is 0. The Balaban J connectivity index is 2.14. The van der Waals surface area contributed by atoms with Crippen molar-refractivity contribution in [1.29, 1.82) is 0 Å². The molecule has 0 aliphatic carbocycles. The van der Waals surface area contributed by atoms with E-state index in [-0.39, 0.29) is 29.1 Å². The van der Waals surface area contributed by atoms with Crippen molar-refractivity contribution >= 4 is 17.4 Å². The molecule has 0 saturated heterocycles. The Hall–Kier alpha value is -3.53. The zero-order chi connectivity index (χ0) is 21.1. The zero-order valence-electron chi connectivity index (χ0n) is 15.7. The number of imidazole rings is 1. The first-order chi connectivity index (χ1) is 13.9. The molecule has 3 rings (SSSR count). The third-order valence-electron chi connectivity index (χ3n) is 4.89. The molecule has 10 heteroatoms. The number of nitrogens with zero attached hydrogens (tertiary/aromatic N) is 2. The number of aromatic amines is 1. The Morgan fingerprint density at radius 3 is 2.66 bits per heavy atom. The monoisotopic (exact) mass is 402 g/mol. The molecular formula is C19H22N4O6. The number of aromatic nitrogens is 2. The lowest BCUT2D eigenvalue weighted by Gasteiger charge is -2.32. The highest BCUT2D eigenvalue weighted by Crippen LogP contribution is 2.45. The molecule has 1 aliphatic rings. The van der Waals surface area contributed by atoms with Gasteiger partial charge in [0.1, 0.15) is 17.9 Å². The van der Waals surface area contributed by atoms with Gasteiger partial charge in [-0.05, 0) is 24.1 Å². The molecule has 0 bridgehead atoms. The Labute approximate surface area is 166 Å². The number of nitrogens with one attached hydrogen (secondary N) is 2. The van der Waals surface area contributed by atoms with Crippen molar-refractivity contribution in [2.75, 3.05) is 0 Å². The minimum atomic E-state index is -1.06. The summed E-state index contributed by atoms with van der Waals surface area (Å²) in [7, 11) is 0. The van der Waals surface area contributed by atoms with Gasteiger partial charge >= 0.3 is 0 Å². The van der Waals surface area contributed by atoms with Gasteiger partial charge in [0.2, 0.25) is 0 Å². The number of aliphatic hydroxyl groups excluding tert-OH is 1. The van der Waals surface area contributed by atoms with Crippen molar-refractivity contribution in [2.24, 2.45) is 0 Å². The predicted molar refractivity (Wildman–Crippen MR) is 101 cm³/mol. The lowest BCUT2D eigenvalue weighted by Crippen LogP contribution is -2.48. The molecule has 2 aromatic rings. The summed E-state index contributed by atoms with van der Waals surface area (Å²) in [4.78, 5) is 33.6. The van der Waals surface area contributed by atoms with Gasteiger partial charge in [0.05, 0.1) is 0 Å². The average Bonchev–Trinajstić information content (AvgIpc) is 3.32. The van der Waals surface area contributed by atoms with Crippen LogP contribution in [0.4, 0.5) is 0 Å². The van der Waals surface area contributed by atoms with Gasteiger partial charge in [-0.25, -0.2) is 10.5 Å². The van der Waals surface area contributed by atoms with E-state index in [9.17, 15) is 30.1 Å². The van der Waals surface area contributed by atoms with Gasteiger partial charge in [0.15, 0.2) is 17.3 Å². The third kappa shape index (κ3) is 3.61. The molecule has 0 spiro atoms. The molecule has 10 nitrogen and oxygen atoms in total. The molecule has 2 unspecified atom stereocenters. The Morgan fingerprint density at radius 1 is 1.31 bits per heavy atom. The average molecular weight is 402 g/mol. The molecule has 6 N–H and O–H groups in total. The second kappa shape index (κ2) is 8.23. The highest BCUT2D eigenvalue weighted by Gasteiger charge is 2.47. The van der Waals surface area contributed by atoms with Crippen LogP contribution in [0.1, 0.15) is 43.6 Å². The number of hydroxylamine groups is 1. The number of phenols is 2. The van der Waals surface area contributed by atoms with E-state index in [1.165, 1.54) is 30.6 Å². The maximum Gasteiger partial charge on any atom is 0.290 e. The summed E-state index contributed by atoms with van der Waals surface area (Å²) in [5.41, 5.74) is 1.98. The van der Waals surface area contributed by atoms with Crippen molar-refractivity contribution in [2.45, 2.75) is 38.3 Å². The Morgan fingerprint density at radius 2 is 2.07 bits per heavy atom. The van der Waals surface area contributed by atoms with Crippen LogP contribution in [0.25, 0.3) is 5.57 Å². The van der Waals surface area contributed by atoms with Crippen LogP contribution in [0.3, 0.4) is 0 Å². The van der Waals surface area contributed by atoms with Crippen LogP contribution < -0.4 is 5.48 Å². The number of phenolic OH excluding ortho intramolecular Hbond substituents is 2. The molecule has 2 heterocycles. The molecule has 154 valence electrons. The number of aromatic hydroxyl groups is 2. The fourth-order valence-electron chi connectivity index (χ4n) is 3.49. The molecule has 29 heavy (non-hydrogen) atoms. The SMILES string of the molecule is CCCCC(C(=O)NO)N1C(=O)C(O)=C(c2ccc(O)c(O)c2)C1c1ncc[nH]1. The molecule has 1 aromatic heterocycles. The van der Waals surface area contributed by atoms with Crippen molar-refractivity contribution in [1.82, 2.24) is 20.3 Å². The van der Waals surface area contributed by atoms with Gasteiger partial charge in [-0.3, -0.25) is 14.8 Å². The van der Waals surface area contributed by atoms with Crippen LogP contribution in [0.2, 0.25) is 0 Å². The number of hydrogen-bond acceptors (Lipinski definition) is 7. The summed E-state index contributed by atoms with van der Waals surface area (Å²) < 4.78 is 0. The van der Waals surface area contributed by atoms with Gasteiger partial charge in [0, 0.05) is 18.0 Å². The fraction of sp³-hybridized carbons (Fsp3) is 0.316. The van der Waals surface area contributed by atoms with E-state index in [1.54, 1.807) is 5.48 Å². The first kappa shape index (κ1) is 20.2. The molecular weight excluding hydrogens is 380 g/mol. The minimum absolute atomic E-state index is 0.118. The Bertz CT molecular complexity index is 940. The predicted octanol–water partition coefficient (Wildman–Crippen LogP) is 1.74. The van der Waals surface area contributed by atoms with Gasteiger partial charge in [0.25, 0.3) is 11.8 Å². The van der Waals surface area contributed by atoms with Crippen LogP contribution in [-0.2, 0) is 9.59 Å². The number of carbonyl (C=O) groups excluding carboxylic acids is 2. The maximum atomic E-state index is 13.0. The number of carbonyl (C=O) groups is 2. The quantitative estimate of drug-likeness (QED) is 0.234. The standard InChI is InChI=1S/C19H22N4O6/c1-2-3-4-11(18(27)22-29)23-15(17-20-7-8-21-17)14(16(26)19(23)28)10-5-6-12(24)13(25)9-10/h5-9,11,15,24-26,29H,2-4H2,1H3,(H,20,21)(H,22,27). The van der Waals surface area contributed by atoms with Crippen molar-refractivity contribution in [3.8, 4) is 11.5 Å². The number of rotatable bonds is 7. The van der Waals surface area contributed by atoms with E-state index in [0.717, 1.165) is 11.3 Å². The van der Waals surface area contributed by atoms with E-state index in [0.29, 0.717) is 6.42 Å². The van der Waals surface area contributed by atoms with Gasteiger partial charge in [-0.2, -0.15) is 0 Å². The summed E-state index contributed by atoms with van der Waals surface area (Å²) in [6.45, 7) is 1.92.